The largest absolute Gasteiger partial charge is 0.312 e. The third-order valence-corrected chi connectivity index (χ3v) is 16.6. The van der Waals surface area contributed by atoms with Crippen LogP contribution < -0.4 is 14.7 Å². The molecule has 0 aliphatic carbocycles. The maximum atomic E-state index is 5.67. The molecule has 0 amide bonds. The second-order valence-electron chi connectivity index (χ2n) is 21.7. The van der Waals surface area contributed by atoms with Crippen LogP contribution in [0.2, 0.25) is 0 Å². The van der Waals surface area contributed by atoms with E-state index in [-0.39, 0.29) is 16.2 Å². The van der Waals surface area contributed by atoms with E-state index in [1.807, 2.05) is 24.5 Å². The standard InChI is InChI=1S/C65H55N9/c1-63(2)41-23-9-15-31-49(41)72(50-32-16-10-24-42(50)63)55-39-40(59-68-47-29-21-37-66-60(47)70(59)7)56(62-69-48-30-22-38-67-61(48)71(62)8)58(74-53-35-19-13-27-45(53)65(5,6)46-28-14-20-36-54(46)74)57(55)73-51-33-17-11-25-43(51)64(3,4)44-26-12-18-34-52(44)73/h9-39H,1-8H3. The maximum absolute atomic E-state index is 5.67. The quantitative estimate of drug-likeness (QED) is 0.170. The summed E-state index contributed by atoms with van der Waals surface area (Å²) in [6.45, 7) is 14.2. The highest BCUT2D eigenvalue weighted by Gasteiger charge is 2.46. The van der Waals surface area contributed by atoms with E-state index in [1.54, 1.807) is 0 Å². The fourth-order valence-corrected chi connectivity index (χ4v) is 12.9. The molecule has 9 heteroatoms. The number of pyridine rings is 2. The first-order valence-electron chi connectivity index (χ1n) is 25.6. The number of nitrogens with zero attached hydrogens (tertiary/aromatic N) is 9. The number of para-hydroxylation sites is 6. The number of imidazole rings is 2. The predicted molar refractivity (Wildman–Crippen MR) is 302 cm³/mol. The molecule has 0 saturated heterocycles. The molecule has 74 heavy (non-hydrogen) atoms. The number of rotatable bonds is 5. The van der Waals surface area contributed by atoms with Gasteiger partial charge in [0.1, 0.15) is 22.7 Å². The zero-order valence-corrected chi connectivity index (χ0v) is 42.9. The summed E-state index contributed by atoms with van der Waals surface area (Å²) in [7, 11) is 4.19. The number of anilines is 9. The van der Waals surface area contributed by atoms with Crippen molar-refractivity contribution < 1.29 is 0 Å². The van der Waals surface area contributed by atoms with E-state index < -0.39 is 0 Å². The number of aryl methyl sites for hydroxylation is 2. The van der Waals surface area contributed by atoms with Gasteiger partial charge in [-0.05, 0) is 100 Å². The van der Waals surface area contributed by atoms with Crippen molar-refractivity contribution >= 4 is 73.5 Å². The number of aromatic nitrogens is 6. The molecular formula is C65H55N9. The highest BCUT2D eigenvalue weighted by Crippen LogP contribution is 2.65. The first-order valence-corrected chi connectivity index (χ1v) is 25.6. The molecule has 7 heterocycles. The van der Waals surface area contributed by atoms with Gasteiger partial charge < -0.3 is 23.8 Å². The molecule has 0 bridgehead atoms. The van der Waals surface area contributed by atoms with Crippen molar-refractivity contribution in [2.75, 3.05) is 14.7 Å². The van der Waals surface area contributed by atoms with Crippen LogP contribution in [-0.4, -0.2) is 29.1 Å². The van der Waals surface area contributed by atoms with Crippen molar-refractivity contribution in [2.24, 2.45) is 14.1 Å². The summed E-state index contributed by atoms with van der Waals surface area (Å²) in [6, 6.07) is 64.4. The third kappa shape index (κ3) is 5.92. The van der Waals surface area contributed by atoms with Gasteiger partial charge in [-0.2, -0.15) is 0 Å². The lowest BCUT2D eigenvalue weighted by molar-refractivity contribution is 0.629. The van der Waals surface area contributed by atoms with E-state index in [9.17, 15) is 0 Å². The average Bonchev–Trinajstić information content (AvgIpc) is 3.94. The molecule has 14 rings (SSSR count). The van der Waals surface area contributed by atoms with Gasteiger partial charge in [0.25, 0.3) is 0 Å². The van der Waals surface area contributed by atoms with Crippen molar-refractivity contribution in [1.82, 2.24) is 29.1 Å². The molecular weight excluding hydrogens is 907 g/mol. The fraction of sp³-hybridized carbons (Fsp3) is 0.169. The van der Waals surface area contributed by atoms with Crippen molar-refractivity contribution in [3.63, 3.8) is 0 Å². The Morgan fingerprint density at radius 1 is 0.338 bits per heavy atom. The normalized spacial score (nSPS) is 15.5. The van der Waals surface area contributed by atoms with Gasteiger partial charge in [-0.1, -0.05) is 151 Å². The lowest BCUT2D eigenvalue weighted by Crippen LogP contribution is -2.35. The SMILES string of the molecule is Cn1c(-c2cc(N3c4ccccc4C(C)(C)c4ccccc43)c(N3c4ccccc4C(C)(C)c4ccccc43)c(N3c4ccccc4C(C)(C)c4ccccc43)c2-c2nc3cccnc3n2C)nc2cccnc21. The Labute approximate surface area is 431 Å². The van der Waals surface area contributed by atoms with Gasteiger partial charge in [-0.3, -0.25) is 0 Å². The Bertz CT molecular complexity index is 3990. The average molecular weight is 962 g/mol. The molecule has 11 aromatic rings. The van der Waals surface area contributed by atoms with Gasteiger partial charge in [-0.15, -0.1) is 0 Å². The highest BCUT2D eigenvalue weighted by molar-refractivity contribution is 6.13. The van der Waals surface area contributed by atoms with Crippen LogP contribution in [0.3, 0.4) is 0 Å². The zero-order chi connectivity index (χ0) is 50.4. The molecule has 0 fully saturated rings. The van der Waals surface area contributed by atoms with Crippen LogP contribution in [0.1, 0.15) is 74.9 Å². The third-order valence-electron chi connectivity index (χ3n) is 16.6. The van der Waals surface area contributed by atoms with Crippen LogP contribution in [0.15, 0.2) is 188 Å². The van der Waals surface area contributed by atoms with Gasteiger partial charge in [-0.25, -0.2) is 19.9 Å². The van der Waals surface area contributed by atoms with Crippen LogP contribution in [-0.2, 0) is 30.3 Å². The van der Waals surface area contributed by atoms with E-state index in [0.717, 1.165) is 96.3 Å². The van der Waals surface area contributed by atoms with Crippen molar-refractivity contribution in [1.29, 1.82) is 0 Å². The number of hydrogen-bond donors (Lipinski definition) is 0. The summed E-state index contributed by atoms with van der Waals surface area (Å²) >= 11 is 0. The Hall–Kier alpha value is -8.82. The lowest BCUT2D eigenvalue weighted by Gasteiger charge is -2.48. The second-order valence-corrected chi connectivity index (χ2v) is 21.7. The lowest BCUT2D eigenvalue weighted by atomic mass is 9.72. The van der Waals surface area contributed by atoms with Crippen LogP contribution >= 0.6 is 0 Å². The Kier molecular flexibility index (Phi) is 9.26. The topological polar surface area (TPSA) is 71.1 Å². The molecule has 0 radical (unpaired) electrons. The molecule has 360 valence electrons. The zero-order valence-electron chi connectivity index (χ0n) is 42.9. The highest BCUT2D eigenvalue weighted by atomic mass is 15.3. The van der Waals surface area contributed by atoms with E-state index in [0.29, 0.717) is 0 Å². The summed E-state index contributed by atoms with van der Waals surface area (Å²) in [5.41, 5.74) is 20.9. The molecule has 3 aliphatic rings. The number of benzene rings is 7. The summed E-state index contributed by atoms with van der Waals surface area (Å²) < 4.78 is 4.32. The molecule has 3 aliphatic heterocycles. The van der Waals surface area contributed by atoms with E-state index in [1.165, 1.54) is 33.4 Å². The molecule has 0 N–H and O–H groups in total. The molecule has 9 nitrogen and oxygen atoms in total. The summed E-state index contributed by atoms with van der Waals surface area (Å²) in [6.07, 6.45) is 3.71. The van der Waals surface area contributed by atoms with Crippen LogP contribution in [0.5, 0.6) is 0 Å². The molecule has 0 unspecified atom stereocenters. The van der Waals surface area contributed by atoms with Crippen molar-refractivity contribution in [3.8, 4) is 22.8 Å². The van der Waals surface area contributed by atoms with Crippen LogP contribution in [0, 0.1) is 0 Å². The number of hydrogen-bond acceptors (Lipinski definition) is 7. The minimum atomic E-state index is -0.347. The van der Waals surface area contributed by atoms with Crippen molar-refractivity contribution in [2.45, 2.75) is 57.8 Å². The summed E-state index contributed by atoms with van der Waals surface area (Å²) in [5.74, 6) is 1.52. The second kappa shape index (κ2) is 15.6. The Balaban J connectivity index is 1.28. The smallest absolute Gasteiger partial charge is 0.160 e. The minimum Gasteiger partial charge on any atom is -0.312 e. The molecule has 0 spiro atoms. The minimum absolute atomic E-state index is 0.316. The monoisotopic (exact) mass is 961 g/mol. The van der Waals surface area contributed by atoms with Crippen molar-refractivity contribution in [3.05, 3.63) is 222 Å². The molecule has 4 aromatic heterocycles. The van der Waals surface area contributed by atoms with E-state index in [2.05, 4.69) is 243 Å². The summed E-state index contributed by atoms with van der Waals surface area (Å²) in [4.78, 5) is 28.9. The predicted octanol–water partition coefficient (Wildman–Crippen LogP) is 15.9. The Morgan fingerprint density at radius 2 is 0.662 bits per heavy atom. The van der Waals surface area contributed by atoms with Crippen LogP contribution in [0.25, 0.3) is 45.1 Å². The fourth-order valence-electron chi connectivity index (χ4n) is 12.9. The van der Waals surface area contributed by atoms with Gasteiger partial charge >= 0.3 is 0 Å². The van der Waals surface area contributed by atoms with E-state index >= 15 is 0 Å². The molecule has 7 aromatic carbocycles. The molecule has 0 atom stereocenters. The maximum Gasteiger partial charge on any atom is 0.160 e. The van der Waals surface area contributed by atoms with Gasteiger partial charge in [0.15, 0.2) is 11.3 Å². The Morgan fingerprint density at radius 3 is 1.04 bits per heavy atom. The number of fused-ring (bicyclic) bond motifs is 8. The van der Waals surface area contributed by atoms with Gasteiger partial charge in [0.2, 0.25) is 0 Å². The first kappa shape index (κ1) is 43.9. The summed E-state index contributed by atoms with van der Waals surface area (Å²) in [5, 5.41) is 0. The van der Waals surface area contributed by atoms with Crippen LogP contribution in [0.4, 0.5) is 51.2 Å². The molecule has 0 saturated carbocycles. The van der Waals surface area contributed by atoms with Gasteiger partial charge in [0, 0.05) is 48.3 Å². The van der Waals surface area contributed by atoms with E-state index in [4.69, 9.17) is 19.9 Å². The van der Waals surface area contributed by atoms with Gasteiger partial charge in [0.05, 0.1) is 56.7 Å². The first-order chi connectivity index (χ1) is 35.9.